The molecule has 1 aliphatic rings. The molecule has 0 bridgehead atoms. The number of amides is 1. The Labute approximate surface area is 111 Å². The Morgan fingerprint density at radius 3 is 2.74 bits per heavy atom. The molecule has 1 fully saturated rings. The van der Waals surface area contributed by atoms with Crippen molar-refractivity contribution in [3.8, 4) is 5.75 Å². The lowest BCUT2D eigenvalue weighted by molar-refractivity contribution is 0.0724. The number of hydrogen-bond acceptors (Lipinski definition) is 3. The van der Waals surface area contributed by atoms with Crippen LogP contribution < -0.4 is 0 Å². The molecule has 1 N–H and O–H groups in total. The van der Waals surface area contributed by atoms with Crippen LogP contribution in [0.3, 0.4) is 0 Å². The number of piperidine rings is 1. The average Bonchev–Trinajstić information content (AvgIpc) is 2.74. The van der Waals surface area contributed by atoms with Gasteiger partial charge in [-0.25, -0.2) is 0 Å². The van der Waals surface area contributed by atoms with Crippen LogP contribution in [0.25, 0.3) is 11.0 Å². The summed E-state index contributed by atoms with van der Waals surface area (Å²) in [6.45, 7) is 3.42. The highest BCUT2D eigenvalue weighted by molar-refractivity contribution is 6.07. The first-order valence-electron chi connectivity index (χ1n) is 6.68. The Morgan fingerprint density at radius 1 is 1.26 bits per heavy atom. The highest BCUT2D eigenvalue weighted by Gasteiger charge is 2.24. The summed E-state index contributed by atoms with van der Waals surface area (Å²) in [5.41, 5.74) is 1.24. The number of phenols is 1. The molecule has 0 aliphatic carbocycles. The smallest absolute Gasteiger partial charge is 0.258 e. The number of likely N-dealkylation sites (tertiary alicyclic amines) is 1. The van der Waals surface area contributed by atoms with Crippen molar-refractivity contribution in [3.63, 3.8) is 0 Å². The van der Waals surface area contributed by atoms with E-state index < -0.39 is 0 Å². The molecule has 4 heteroatoms. The summed E-state index contributed by atoms with van der Waals surface area (Å²) in [5, 5.41) is 10.3. The van der Waals surface area contributed by atoms with E-state index in [1.165, 1.54) is 6.42 Å². The van der Waals surface area contributed by atoms with Gasteiger partial charge in [0.05, 0.1) is 5.56 Å². The maximum atomic E-state index is 12.6. The van der Waals surface area contributed by atoms with Crippen molar-refractivity contribution in [1.29, 1.82) is 0 Å². The first-order chi connectivity index (χ1) is 9.16. The highest BCUT2D eigenvalue weighted by atomic mass is 16.3. The van der Waals surface area contributed by atoms with E-state index in [1.54, 1.807) is 25.1 Å². The predicted molar refractivity (Wildman–Crippen MR) is 72.4 cm³/mol. The molecule has 1 saturated heterocycles. The molecule has 4 nitrogen and oxygen atoms in total. The summed E-state index contributed by atoms with van der Waals surface area (Å²) in [6, 6.07) is 4.87. The van der Waals surface area contributed by atoms with Crippen molar-refractivity contribution in [2.45, 2.75) is 26.2 Å². The highest BCUT2D eigenvalue weighted by Crippen LogP contribution is 2.30. The summed E-state index contributed by atoms with van der Waals surface area (Å²) in [5.74, 6) is 0.790. The Morgan fingerprint density at radius 2 is 2.00 bits per heavy atom. The molecule has 1 aliphatic heterocycles. The van der Waals surface area contributed by atoms with Crippen molar-refractivity contribution in [3.05, 3.63) is 29.5 Å². The van der Waals surface area contributed by atoms with Crippen molar-refractivity contribution in [1.82, 2.24) is 4.90 Å². The van der Waals surface area contributed by atoms with E-state index in [0.29, 0.717) is 22.3 Å². The Hall–Kier alpha value is -1.97. The molecule has 2 heterocycles. The van der Waals surface area contributed by atoms with Gasteiger partial charge >= 0.3 is 0 Å². The molecule has 19 heavy (non-hydrogen) atoms. The maximum Gasteiger partial charge on any atom is 0.258 e. The number of fused-ring (bicyclic) bond motifs is 1. The maximum absolute atomic E-state index is 12.6. The van der Waals surface area contributed by atoms with Gasteiger partial charge in [0.25, 0.3) is 5.91 Å². The zero-order chi connectivity index (χ0) is 13.4. The van der Waals surface area contributed by atoms with Crippen molar-refractivity contribution < 1.29 is 14.3 Å². The second kappa shape index (κ2) is 4.61. The van der Waals surface area contributed by atoms with E-state index >= 15 is 0 Å². The standard InChI is InChI=1S/C15H17NO3/c1-10-14(15(18)16-7-3-2-4-8-16)12-9-11(17)5-6-13(12)19-10/h5-6,9,17H,2-4,7-8H2,1H3. The van der Waals surface area contributed by atoms with Crippen LogP contribution in [0.4, 0.5) is 0 Å². The van der Waals surface area contributed by atoms with Crippen molar-refractivity contribution >= 4 is 16.9 Å². The van der Waals surface area contributed by atoms with E-state index in [9.17, 15) is 9.90 Å². The number of hydrogen-bond donors (Lipinski definition) is 1. The van der Waals surface area contributed by atoms with Gasteiger partial charge in [0, 0.05) is 18.5 Å². The Kier molecular flexibility index (Phi) is 2.93. The molecule has 0 saturated carbocycles. The van der Waals surface area contributed by atoms with E-state index in [2.05, 4.69) is 0 Å². The lowest BCUT2D eigenvalue weighted by atomic mass is 10.1. The number of furan rings is 1. The molecule has 0 unspecified atom stereocenters. The van der Waals surface area contributed by atoms with Gasteiger partial charge in [-0.15, -0.1) is 0 Å². The number of aromatic hydroxyl groups is 1. The average molecular weight is 259 g/mol. The van der Waals surface area contributed by atoms with Crippen molar-refractivity contribution in [2.24, 2.45) is 0 Å². The molecule has 0 radical (unpaired) electrons. The molecule has 2 aromatic rings. The SMILES string of the molecule is Cc1oc2ccc(O)cc2c1C(=O)N1CCCCC1. The number of phenolic OH excluding ortho intramolecular Hbond substituents is 1. The third-order valence-electron chi connectivity index (χ3n) is 3.70. The van der Waals surface area contributed by atoms with Gasteiger partial charge in [-0.2, -0.15) is 0 Å². The molecule has 100 valence electrons. The summed E-state index contributed by atoms with van der Waals surface area (Å²) in [7, 11) is 0. The van der Waals surface area contributed by atoms with Crippen LogP contribution in [0, 0.1) is 6.92 Å². The zero-order valence-electron chi connectivity index (χ0n) is 11.0. The van der Waals surface area contributed by atoms with E-state index in [0.717, 1.165) is 25.9 Å². The third-order valence-corrected chi connectivity index (χ3v) is 3.70. The lowest BCUT2D eigenvalue weighted by Crippen LogP contribution is -2.35. The van der Waals surface area contributed by atoms with Gasteiger partial charge in [-0.3, -0.25) is 4.79 Å². The lowest BCUT2D eigenvalue weighted by Gasteiger charge is -2.26. The fraction of sp³-hybridized carbons (Fsp3) is 0.400. The third kappa shape index (κ3) is 2.07. The van der Waals surface area contributed by atoms with Gasteiger partial charge in [0.1, 0.15) is 17.1 Å². The second-order valence-corrected chi connectivity index (χ2v) is 5.07. The minimum Gasteiger partial charge on any atom is -0.508 e. The minimum atomic E-state index is 0.0153. The van der Waals surface area contributed by atoms with Crippen LogP contribution >= 0.6 is 0 Å². The molecule has 1 aromatic heterocycles. The molecular formula is C15H17NO3. The van der Waals surface area contributed by atoms with Crippen molar-refractivity contribution in [2.75, 3.05) is 13.1 Å². The fourth-order valence-corrected chi connectivity index (χ4v) is 2.73. The first-order valence-corrected chi connectivity index (χ1v) is 6.68. The van der Waals surface area contributed by atoms with Crippen LogP contribution in [0.15, 0.2) is 22.6 Å². The molecule has 3 rings (SSSR count). The zero-order valence-corrected chi connectivity index (χ0v) is 11.0. The number of carbonyl (C=O) groups is 1. The summed E-state index contributed by atoms with van der Waals surface area (Å²) < 4.78 is 5.61. The van der Waals surface area contributed by atoms with E-state index in [4.69, 9.17) is 4.42 Å². The number of benzene rings is 1. The van der Waals surface area contributed by atoms with Crippen LogP contribution in [-0.2, 0) is 0 Å². The normalized spacial score (nSPS) is 15.9. The van der Waals surface area contributed by atoms with E-state index in [1.807, 2.05) is 4.90 Å². The Balaban J connectivity index is 2.05. The molecular weight excluding hydrogens is 242 g/mol. The quantitative estimate of drug-likeness (QED) is 0.856. The first kappa shape index (κ1) is 12.1. The molecule has 0 spiro atoms. The monoisotopic (exact) mass is 259 g/mol. The summed E-state index contributed by atoms with van der Waals surface area (Å²) in [4.78, 5) is 14.5. The van der Waals surface area contributed by atoms with Gasteiger partial charge in [-0.1, -0.05) is 0 Å². The Bertz CT molecular complexity index is 624. The largest absolute Gasteiger partial charge is 0.508 e. The molecule has 1 amide bonds. The minimum absolute atomic E-state index is 0.0153. The van der Waals surface area contributed by atoms with Crippen LogP contribution in [-0.4, -0.2) is 29.0 Å². The van der Waals surface area contributed by atoms with Gasteiger partial charge in [-0.05, 0) is 44.4 Å². The van der Waals surface area contributed by atoms with Crippen LogP contribution in [0.5, 0.6) is 5.75 Å². The van der Waals surface area contributed by atoms with E-state index in [-0.39, 0.29) is 11.7 Å². The number of rotatable bonds is 1. The van der Waals surface area contributed by atoms with Crippen LogP contribution in [0.2, 0.25) is 0 Å². The van der Waals surface area contributed by atoms with Crippen LogP contribution in [0.1, 0.15) is 35.4 Å². The number of carbonyl (C=O) groups excluding carboxylic acids is 1. The molecule has 1 aromatic carbocycles. The second-order valence-electron chi connectivity index (χ2n) is 5.07. The number of aryl methyl sites for hydroxylation is 1. The molecule has 0 atom stereocenters. The topological polar surface area (TPSA) is 53.7 Å². The van der Waals surface area contributed by atoms with Gasteiger partial charge in [0.2, 0.25) is 0 Å². The summed E-state index contributed by atoms with van der Waals surface area (Å²) in [6.07, 6.45) is 3.31. The van der Waals surface area contributed by atoms with Gasteiger partial charge < -0.3 is 14.4 Å². The fourth-order valence-electron chi connectivity index (χ4n) is 2.73. The van der Waals surface area contributed by atoms with Gasteiger partial charge in [0.15, 0.2) is 0 Å². The predicted octanol–water partition coefficient (Wildman–Crippen LogP) is 3.07. The number of nitrogens with zero attached hydrogens (tertiary/aromatic N) is 1. The summed E-state index contributed by atoms with van der Waals surface area (Å²) >= 11 is 0.